The lowest BCUT2D eigenvalue weighted by Gasteiger charge is -2.08. The van der Waals surface area contributed by atoms with E-state index in [1.807, 2.05) is 20.9 Å². The van der Waals surface area contributed by atoms with Crippen molar-refractivity contribution in [3.8, 4) is 0 Å². The lowest BCUT2D eigenvalue weighted by atomic mass is 10.1. The van der Waals surface area contributed by atoms with Crippen LogP contribution in [0.15, 0.2) is 0 Å². The summed E-state index contributed by atoms with van der Waals surface area (Å²) < 4.78 is 4.93. The van der Waals surface area contributed by atoms with Gasteiger partial charge in [0.05, 0.1) is 0 Å². The van der Waals surface area contributed by atoms with Crippen molar-refractivity contribution in [1.29, 1.82) is 0 Å². The maximum atomic E-state index is 4.93. The average Bonchev–Trinajstić information content (AvgIpc) is 2.05. The van der Waals surface area contributed by atoms with Crippen LogP contribution in [0.5, 0.6) is 0 Å². The Bertz CT molecular complexity index is 57.5. The molecule has 1 unspecified atom stereocenters. The first-order valence-electron chi connectivity index (χ1n) is 4.44. The number of hydrogen-bond acceptors (Lipinski definition) is 2. The number of nitrogens with one attached hydrogen (secondary N) is 1. The third-order valence-corrected chi connectivity index (χ3v) is 1.37. The summed E-state index contributed by atoms with van der Waals surface area (Å²) in [4.78, 5) is 0. The van der Waals surface area contributed by atoms with Gasteiger partial charge < -0.3 is 10.1 Å². The maximum absolute atomic E-state index is 4.93. The minimum Gasteiger partial charge on any atom is -0.385 e. The van der Waals surface area contributed by atoms with E-state index in [0.29, 0.717) is 0 Å². The molecular weight excluding hydrogens is 138 g/mol. The fourth-order valence-corrected chi connectivity index (χ4v) is 0.770. The average molecular weight is 161 g/mol. The van der Waals surface area contributed by atoms with Crippen molar-refractivity contribution in [2.24, 2.45) is 5.92 Å². The zero-order valence-corrected chi connectivity index (χ0v) is 8.61. The molecule has 0 saturated carbocycles. The van der Waals surface area contributed by atoms with Crippen LogP contribution in [0.25, 0.3) is 0 Å². The van der Waals surface area contributed by atoms with Crippen LogP contribution in [0.2, 0.25) is 0 Å². The van der Waals surface area contributed by atoms with Gasteiger partial charge in [-0.15, -0.1) is 0 Å². The van der Waals surface area contributed by atoms with Crippen LogP contribution in [0, 0.1) is 5.92 Å². The molecule has 0 aromatic heterocycles. The fourth-order valence-electron chi connectivity index (χ4n) is 0.770. The lowest BCUT2D eigenvalue weighted by Crippen LogP contribution is -2.17. The highest BCUT2D eigenvalue weighted by Gasteiger charge is 1.97. The zero-order valence-electron chi connectivity index (χ0n) is 8.61. The van der Waals surface area contributed by atoms with Gasteiger partial charge in [-0.05, 0) is 25.9 Å². The molecule has 0 saturated heterocycles. The van der Waals surface area contributed by atoms with Gasteiger partial charge in [0.1, 0.15) is 0 Å². The normalized spacial score (nSPS) is 11.7. The third kappa shape index (κ3) is 13.0. The molecule has 0 aliphatic carbocycles. The Labute approximate surface area is 71.3 Å². The molecule has 1 N–H and O–H groups in total. The number of methoxy groups -OCH3 is 1. The third-order valence-electron chi connectivity index (χ3n) is 1.37. The van der Waals surface area contributed by atoms with Crippen LogP contribution >= 0.6 is 0 Å². The number of ether oxygens (including phenoxy) is 1. The van der Waals surface area contributed by atoms with Crippen LogP contribution < -0.4 is 5.32 Å². The van der Waals surface area contributed by atoms with Crippen molar-refractivity contribution >= 4 is 0 Å². The van der Waals surface area contributed by atoms with Crippen molar-refractivity contribution in [3.63, 3.8) is 0 Å². The second-order valence-electron chi connectivity index (χ2n) is 2.44. The minimum atomic E-state index is 0.731. The fraction of sp³-hybridized carbons (Fsp3) is 1.00. The SMILES string of the molecule is CC.CNCC(C)CCOC. The number of rotatable bonds is 5. The van der Waals surface area contributed by atoms with E-state index in [9.17, 15) is 0 Å². The summed E-state index contributed by atoms with van der Waals surface area (Å²) >= 11 is 0. The van der Waals surface area contributed by atoms with Gasteiger partial charge in [0.2, 0.25) is 0 Å². The molecular formula is C9H23NO. The minimum absolute atomic E-state index is 0.731. The molecule has 0 aromatic rings. The lowest BCUT2D eigenvalue weighted by molar-refractivity contribution is 0.180. The molecule has 70 valence electrons. The van der Waals surface area contributed by atoms with Gasteiger partial charge in [-0.25, -0.2) is 0 Å². The number of hydrogen-bond donors (Lipinski definition) is 1. The van der Waals surface area contributed by atoms with E-state index in [1.54, 1.807) is 7.11 Å². The van der Waals surface area contributed by atoms with E-state index < -0.39 is 0 Å². The molecule has 11 heavy (non-hydrogen) atoms. The summed E-state index contributed by atoms with van der Waals surface area (Å²) in [6.45, 7) is 8.18. The molecule has 0 amide bonds. The maximum Gasteiger partial charge on any atom is 0.0465 e. The molecule has 0 spiro atoms. The van der Waals surface area contributed by atoms with Gasteiger partial charge in [0.15, 0.2) is 0 Å². The van der Waals surface area contributed by atoms with E-state index in [2.05, 4.69) is 12.2 Å². The van der Waals surface area contributed by atoms with Crippen LogP contribution in [0.3, 0.4) is 0 Å². The highest BCUT2D eigenvalue weighted by molar-refractivity contribution is 4.52. The first kappa shape index (κ1) is 13.5. The molecule has 0 aliphatic rings. The zero-order chi connectivity index (χ0) is 9.11. The molecule has 0 aliphatic heterocycles. The van der Waals surface area contributed by atoms with Crippen molar-refractivity contribution in [1.82, 2.24) is 5.32 Å². The molecule has 0 bridgehead atoms. The van der Waals surface area contributed by atoms with E-state index in [-0.39, 0.29) is 0 Å². The summed E-state index contributed by atoms with van der Waals surface area (Å²) in [5.41, 5.74) is 0. The topological polar surface area (TPSA) is 21.3 Å². The standard InChI is InChI=1S/C7H17NO.C2H6/c1-7(6-8-2)4-5-9-3;1-2/h7-8H,4-6H2,1-3H3;1-2H3. The Balaban J connectivity index is 0. The van der Waals surface area contributed by atoms with E-state index in [4.69, 9.17) is 4.74 Å². The van der Waals surface area contributed by atoms with Gasteiger partial charge in [0, 0.05) is 13.7 Å². The summed E-state index contributed by atoms with van der Waals surface area (Å²) in [6, 6.07) is 0. The summed E-state index contributed by atoms with van der Waals surface area (Å²) in [5.74, 6) is 0.731. The molecule has 0 radical (unpaired) electrons. The Kier molecular flexibility index (Phi) is 15.4. The molecule has 0 aromatic carbocycles. The summed E-state index contributed by atoms with van der Waals surface area (Å²) in [6.07, 6.45) is 1.15. The van der Waals surface area contributed by atoms with E-state index >= 15 is 0 Å². The second-order valence-corrected chi connectivity index (χ2v) is 2.44. The first-order chi connectivity index (χ1) is 5.31. The van der Waals surface area contributed by atoms with Crippen molar-refractivity contribution in [2.75, 3.05) is 27.3 Å². The van der Waals surface area contributed by atoms with Crippen LogP contribution in [0.1, 0.15) is 27.2 Å². The van der Waals surface area contributed by atoms with Gasteiger partial charge in [-0.2, -0.15) is 0 Å². The van der Waals surface area contributed by atoms with Crippen LogP contribution in [0.4, 0.5) is 0 Å². The van der Waals surface area contributed by atoms with Crippen molar-refractivity contribution < 1.29 is 4.74 Å². The predicted octanol–water partition coefficient (Wildman–Crippen LogP) is 1.90. The Morgan fingerprint density at radius 3 is 2.27 bits per heavy atom. The van der Waals surface area contributed by atoms with Gasteiger partial charge >= 0.3 is 0 Å². The van der Waals surface area contributed by atoms with Crippen LogP contribution in [-0.4, -0.2) is 27.3 Å². The first-order valence-corrected chi connectivity index (χ1v) is 4.44. The predicted molar refractivity (Wildman–Crippen MR) is 50.9 cm³/mol. The van der Waals surface area contributed by atoms with Gasteiger partial charge in [-0.3, -0.25) is 0 Å². The Morgan fingerprint density at radius 1 is 1.36 bits per heavy atom. The molecule has 0 rings (SSSR count). The monoisotopic (exact) mass is 161 g/mol. The van der Waals surface area contributed by atoms with Gasteiger partial charge in [0.25, 0.3) is 0 Å². The van der Waals surface area contributed by atoms with Crippen LogP contribution in [-0.2, 0) is 4.74 Å². The Hall–Kier alpha value is -0.0800. The smallest absolute Gasteiger partial charge is 0.0465 e. The summed E-state index contributed by atoms with van der Waals surface area (Å²) in [5, 5.41) is 3.12. The molecule has 2 heteroatoms. The van der Waals surface area contributed by atoms with Crippen molar-refractivity contribution in [2.45, 2.75) is 27.2 Å². The Morgan fingerprint density at radius 2 is 1.91 bits per heavy atom. The molecule has 0 heterocycles. The highest BCUT2D eigenvalue weighted by atomic mass is 16.5. The quantitative estimate of drug-likeness (QED) is 0.665. The molecule has 2 nitrogen and oxygen atoms in total. The summed E-state index contributed by atoms with van der Waals surface area (Å²) in [7, 11) is 3.72. The molecule has 1 atom stereocenters. The second kappa shape index (κ2) is 12.6. The largest absolute Gasteiger partial charge is 0.385 e. The van der Waals surface area contributed by atoms with Gasteiger partial charge in [-0.1, -0.05) is 20.8 Å². The molecule has 0 fully saturated rings. The van der Waals surface area contributed by atoms with E-state index in [1.165, 1.54) is 0 Å². The van der Waals surface area contributed by atoms with Crippen molar-refractivity contribution in [3.05, 3.63) is 0 Å². The highest BCUT2D eigenvalue weighted by Crippen LogP contribution is 1.98. The van der Waals surface area contributed by atoms with E-state index in [0.717, 1.165) is 25.5 Å².